The quantitative estimate of drug-likeness (QED) is 0.651. The molecule has 0 aromatic rings. The molecule has 0 amide bonds. The zero-order valence-corrected chi connectivity index (χ0v) is 8.85. The highest BCUT2D eigenvalue weighted by Gasteiger charge is 2.48. The van der Waals surface area contributed by atoms with Crippen molar-refractivity contribution in [2.24, 2.45) is 11.8 Å². The van der Waals surface area contributed by atoms with E-state index in [0.717, 1.165) is 12.3 Å². The topological polar surface area (TPSA) is 26.3 Å². The van der Waals surface area contributed by atoms with Gasteiger partial charge in [-0.05, 0) is 42.3 Å². The van der Waals surface area contributed by atoms with Crippen LogP contribution in [0.4, 0.5) is 0 Å². The Labute approximate surface area is 77.9 Å². The van der Waals surface area contributed by atoms with Crippen LogP contribution in [0.3, 0.4) is 0 Å². The standard InChI is InChI=1S/C8H14ClO2P/c1-11-12(9,10)8-5-6-2-3-7(8)4-6/h6-8H,2-5H2,1H3/t6-,7+,8+,12?/m0/s1. The van der Waals surface area contributed by atoms with Crippen molar-refractivity contribution in [2.75, 3.05) is 7.11 Å². The monoisotopic (exact) mass is 208 g/mol. The second kappa shape index (κ2) is 3.01. The smallest absolute Gasteiger partial charge is 0.293 e. The first-order chi connectivity index (χ1) is 5.63. The van der Waals surface area contributed by atoms with E-state index in [9.17, 15) is 4.57 Å². The van der Waals surface area contributed by atoms with E-state index in [1.165, 1.54) is 26.4 Å². The average Bonchev–Trinajstić information content (AvgIpc) is 2.64. The van der Waals surface area contributed by atoms with Crippen LogP contribution in [0.2, 0.25) is 0 Å². The maximum atomic E-state index is 11.7. The fourth-order valence-corrected chi connectivity index (χ4v) is 5.04. The van der Waals surface area contributed by atoms with Crippen molar-refractivity contribution in [1.29, 1.82) is 0 Å². The van der Waals surface area contributed by atoms with E-state index in [0.29, 0.717) is 5.92 Å². The first-order valence-corrected chi connectivity index (χ1v) is 7.08. The third kappa shape index (κ3) is 1.34. The van der Waals surface area contributed by atoms with Crippen LogP contribution in [0.5, 0.6) is 0 Å². The van der Waals surface area contributed by atoms with Gasteiger partial charge < -0.3 is 4.52 Å². The maximum Gasteiger partial charge on any atom is 0.293 e. The lowest BCUT2D eigenvalue weighted by atomic mass is 10.0. The highest BCUT2D eigenvalue weighted by Crippen LogP contribution is 2.66. The second-order valence-electron chi connectivity index (χ2n) is 3.95. The van der Waals surface area contributed by atoms with Crippen LogP contribution in [-0.4, -0.2) is 12.8 Å². The van der Waals surface area contributed by atoms with Crippen molar-refractivity contribution in [3.63, 3.8) is 0 Å². The van der Waals surface area contributed by atoms with Crippen molar-refractivity contribution in [3.05, 3.63) is 0 Å². The van der Waals surface area contributed by atoms with E-state index >= 15 is 0 Å². The van der Waals surface area contributed by atoms with Gasteiger partial charge in [-0.3, -0.25) is 4.57 Å². The van der Waals surface area contributed by atoms with Crippen molar-refractivity contribution in [1.82, 2.24) is 0 Å². The lowest BCUT2D eigenvalue weighted by Gasteiger charge is -2.24. The van der Waals surface area contributed by atoms with Gasteiger partial charge in [-0.25, -0.2) is 0 Å². The van der Waals surface area contributed by atoms with Crippen LogP contribution in [-0.2, 0) is 9.09 Å². The summed E-state index contributed by atoms with van der Waals surface area (Å²) >= 11 is 5.85. The molecule has 0 aromatic heterocycles. The Balaban J connectivity index is 2.12. The van der Waals surface area contributed by atoms with Crippen molar-refractivity contribution in [3.8, 4) is 0 Å². The summed E-state index contributed by atoms with van der Waals surface area (Å²) in [5.74, 6) is 1.36. The molecule has 0 aromatic carbocycles. The predicted molar refractivity (Wildman–Crippen MR) is 49.7 cm³/mol. The number of halogens is 1. The Hall–Kier alpha value is 0.480. The molecule has 2 rings (SSSR count). The van der Waals surface area contributed by atoms with E-state index < -0.39 is 6.72 Å². The number of rotatable bonds is 2. The van der Waals surface area contributed by atoms with Gasteiger partial charge in [0, 0.05) is 7.11 Å². The highest BCUT2D eigenvalue weighted by atomic mass is 35.7. The first-order valence-electron chi connectivity index (χ1n) is 4.48. The number of hydrogen-bond acceptors (Lipinski definition) is 2. The molecule has 12 heavy (non-hydrogen) atoms. The molecule has 0 N–H and O–H groups in total. The molecule has 0 heterocycles. The Morgan fingerprint density at radius 3 is 2.58 bits per heavy atom. The summed E-state index contributed by atoms with van der Waals surface area (Å²) in [5, 5.41) is 0. The van der Waals surface area contributed by atoms with Crippen molar-refractivity contribution >= 4 is 18.0 Å². The predicted octanol–water partition coefficient (Wildman–Crippen LogP) is 3.25. The summed E-state index contributed by atoms with van der Waals surface area (Å²) in [5.41, 5.74) is 0.155. The van der Waals surface area contributed by atoms with E-state index in [-0.39, 0.29) is 5.66 Å². The molecule has 4 heteroatoms. The number of hydrogen-bond donors (Lipinski definition) is 0. The molecule has 0 aliphatic heterocycles. The minimum atomic E-state index is -2.79. The Bertz CT molecular complexity index is 231. The van der Waals surface area contributed by atoms with Gasteiger partial charge in [0.2, 0.25) is 0 Å². The van der Waals surface area contributed by atoms with E-state index in [1.807, 2.05) is 0 Å². The van der Waals surface area contributed by atoms with Crippen LogP contribution in [0.1, 0.15) is 25.7 Å². The van der Waals surface area contributed by atoms with Crippen molar-refractivity contribution in [2.45, 2.75) is 31.3 Å². The number of fused-ring (bicyclic) bond motifs is 2. The molecule has 70 valence electrons. The minimum absolute atomic E-state index is 0.155. The fourth-order valence-electron chi connectivity index (χ4n) is 2.72. The van der Waals surface area contributed by atoms with Gasteiger partial charge >= 0.3 is 0 Å². The van der Waals surface area contributed by atoms with E-state index in [1.54, 1.807) is 0 Å². The van der Waals surface area contributed by atoms with Gasteiger partial charge in [-0.15, -0.1) is 0 Å². The van der Waals surface area contributed by atoms with Gasteiger partial charge in [0.15, 0.2) is 0 Å². The molecule has 0 saturated heterocycles. The van der Waals surface area contributed by atoms with Gasteiger partial charge in [-0.2, -0.15) is 0 Å². The summed E-state index contributed by atoms with van der Waals surface area (Å²) < 4.78 is 16.6. The minimum Gasteiger partial charge on any atom is -0.321 e. The van der Waals surface area contributed by atoms with Gasteiger partial charge in [0.05, 0.1) is 5.66 Å². The molecular formula is C8H14ClO2P. The summed E-state index contributed by atoms with van der Waals surface area (Å²) in [7, 11) is 1.46. The van der Waals surface area contributed by atoms with Crippen LogP contribution >= 0.6 is 18.0 Å². The normalized spacial score (nSPS) is 44.7. The average molecular weight is 209 g/mol. The Morgan fingerprint density at radius 1 is 1.42 bits per heavy atom. The lowest BCUT2D eigenvalue weighted by molar-refractivity contribution is 0.372. The SMILES string of the molecule is COP(=O)(Cl)[C@@H]1C[C@H]2CC[C@@H]1C2. The van der Waals surface area contributed by atoms with E-state index in [2.05, 4.69) is 0 Å². The summed E-state index contributed by atoms with van der Waals surface area (Å²) in [6.45, 7) is -2.79. The van der Waals surface area contributed by atoms with Crippen molar-refractivity contribution < 1.29 is 9.09 Å². The molecule has 2 fully saturated rings. The molecular weight excluding hydrogens is 195 g/mol. The highest BCUT2D eigenvalue weighted by molar-refractivity contribution is 7.85. The van der Waals surface area contributed by atoms with Gasteiger partial charge in [0.1, 0.15) is 0 Å². The first kappa shape index (κ1) is 9.05. The zero-order valence-electron chi connectivity index (χ0n) is 7.20. The van der Waals surface area contributed by atoms with Gasteiger partial charge in [0.25, 0.3) is 6.72 Å². The van der Waals surface area contributed by atoms with Crippen LogP contribution in [0.15, 0.2) is 0 Å². The molecule has 0 radical (unpaired) electrons. The second-order valence-corrected chi connectivity index (χ2v) is 7.43. The molecule has 4 atom stereocenters. The Morgan fingerprint density at radius 2 is 2.17 bits per heavy atom. The fraction of sp³-hybridized carbons (Fsp3) is 1.00. The molecule has 2 saturated carbocycles. The lowest BCUT2D eigenvalue weighted by Crippen LogP contribution is -2.15. The third-order valence-corrected chi connectivity index (χ3v) is 6.43. The van der Waals surface area contributed by atoms with Crippen LogP contribution < -0.4 is 0 Å². The van der Waals surface area contributed by atoms with E-state index in [4.69, 9.17) is 15.8 Å². The van der Waals surface area contributed by atoms with Crippen LogP contribution in [0.25, 0.3) is 0 Å². The molecule has 2 aliphatic rings. The molecule has 2 aliphatic carbocycles. The molecule has 2 bridgehead atoms. The van der Waals surface area contributed by atoms with Gasteiger partial charge in [-0.1, -0.05) is 6.42 Å². The zero-order chi connectivity index (χ0) is 8.77. The Kier molecular flexibility index (Phi) is 2.27. The van der Waals surface area contributed by atoms with Crippen LogP contribution in [0, 0.1) is 11.8 Å². The summed E-state index contributed by atoms with van der Waals surface area (Å²) in [6.07, 6.45) is 4.77. The third-order valence-electron chi connectivity index (χ3n) is 3.35. The summed E-state index contributed by atoms with van der Waals surface area (Å²) in [6, 6.07) is 0. The molecule has 0 spiro atoms. The summed E-state index contributed by atoms with van der Waals surface area (Å²) in [4.78, 5) is 0. The largest absolute Gasteiger partial charge is 0.321 e. The molecule has 1 unspecified atom stereocenters. The molecule has 2 nitrogen and oxygen atoms in total. The maximum absolute atomic E-state index is 11.7.